The van der Waals surface area contributed by atoms with E-state index in [1.165, 1.54) is 16.6 Å². The first-order valence-electron chi connectivity index (χ1n) is 11.0. The number of nitrogens with one attached hydrogen (secondary N) is 1. The van der Waals surface area contributed by atoms with E-state index in [4.69, 9.17) is 0 Å². The number of amides is 1. The van der Waals surface area contributed by atoms with Gasteiger partial charge in [-0.15, -0.1) is 0 Å². The van der Waals surface area contributed by atoms with Crippen LogP contribution in [0.25, 0.3) is 0 Å². The van der Waals surface area contributed by atoms with Crippen molar-refractivity contribution in [3.63, 3.8) is 0 Å². The molecule has 2 fully saturated rings. The Bertz CT molecular complexity index is 984. The third-order valence-corrected chi connectivity index (χ3v) is 8.86. The van der Waals surface area contributed by atoms with E-state index in [0.29, 0.717) is 41.2 Å². The molecule has 176 valence electrons. The summed E-state index contributed by atoms with van der Waals surface area (Å²) in [6.45, 7) is 0.741. The number of fused-ring (bicyclic) bond motifs is 1. The summed E-state index contributed by atoms with van der Waals surface area (Å²) in [5.74, 6) is -1.09. The Kier molecular flexibility index (Phi) is 7.18. The number of hydrogen-bond donors (Lipinski definition) is 2. The lowest BCUT2D eigenvalue weighted by atomic mass is 9.94. The molecule has 1 unspecified atom stereocenters. The van der Waals surface area contributed by atoms with E-state index in [1.807, 2.05) is 0 Å². The Labute approximate surface area is 192 Å². The van der Waals surface area contributed by atoms with E-state index in [-0.39, 0.29) is 18.7 Å². The molecule has 32 heavy (non-hydrogen) atoms. The number of piperidine rings is 1. The highest BCUT2D eigenvalue weighted by Crippen LogP contribution is 2.32. The van der Waals surface area contributed by atoms with Crippen LogP contribution >= 0.6 is 11.8 Å². The Morgan fingerprint density at radius 3 is 2.75 bits per heavy atom. The maximum absolute atomic E-state index is 14.8. The molecule has 0 aromatic carbocycles. The topological polar surface area (TPSA) is 111 Å². The minimum atomic E-state index is -3.29. The summed E-state index contributed by atoms with van der Waals surface area (Å²) < 4.78 is 39.8. The van der Waals surface area contributed by atoms with E-state index in [9.17, 15) is 22.7 Å². The molecule has 11 heteroatoms. The normalized spacial score (nSPS) is 33.2. The van der Waals surface area contributed by atoms with E-state index in [0.717, 1.165) is 32.1 Å². The molecule has 0 aromatic heterocycles. The molecular formula is C21H29FN4O4S2. The summed E-state index contributed by atoms with van der Waals surface area (Å²) in [6, 6.07) is -0.260. The molecule has 0 aromatic rings. The molecule has 8 nitrogen and oxygen atoms in total. The lowest BCUT2D eigenvalue weighted by molar-refractivity contribution is -0.122. The van der Waals surface area contributed by atoms with Crippen LogP contribution in [0, 0.1) is 5.92 Å². The van der Waals surface area contributed by atoms with Gasteiger partial charge in [-0.2, -0.15) is 11.8 Å². The number of sulfonamides is 1. The molecule has 2 heterocycles. The Morgan fingerprint density at radius 2 is 2.03 bits per heavy atom. The maximum Gasteiger partial charge on any atom is 0.241 e. The van der Waals surface area contributed by atoms with Crippen LogP contribution in [0.15, 0.2) is 33.7 Å². The van der Waals surface area contributed by atoms with Crippen molar-refractivity contribution in [2.24, 2.45) is 15.9 Å². The van der Waals surface area contributed by atoms with Crippen LogP contribution in [0.2, 0.25) is 0 Å². The van der Waals surface area contributed by atoms with E-state index < -0.39 is 27.7 Å². The fourth-order valence-electron chi connectivity index (χ4n) is 4.49. The first-order valence-corrected chi connectivity index (χ1v) is 13.9. The minimum Gasteiger partial charge on any atom is -0.393 e. The zero-order valence-corrected chi connectivity index (χ0v) is 19.7. The molecular weight excluding hydrogens is 455 g/mol. The summed E-state index contributed by atoms with van der Waals surface area (Å²) >= 11 is 1.70. The summed E-state index contributed by atoms with van der Waals surface area (Å²) in [5.41, 5.74) is 0.707. The van der Waals surface area contributed by atoms with Crippen LogP contribution in [0.3, 0.4) is 0 Å². The standard InChI is InChI=1S/C21H29FN4O4S2/c1-32(29,30)26-8-2-3-13(11-26)23-14-9-17(22)20-18(10-14)24-19(25-21(20)28)12-31-16-6-4-15(27)5-7-16/h9-10,13,15-16,20,27H,2-8,11-12H2,1H3,(H,24,25,28)/t13-,15?,16?,20?/m1/s1. The number of allylic oxidation sites excluding steroid dienone is 2. The van der Waals surface area contributed by atoms with Crippen molar-refractivity contribution in [3.8, 4) is 0 Å². The van der Waals surface area contributed by atoms with Gasteiger partial charge in [0.1, 0.15) is 17.6 Å². The van der Waals surface area contributed by atoms with Gasteiger partial charge >= 0.3 is 0 Å². The van der Waals surface area contributed by atoms with Gasteiger partial charge in [0, 0.05) is 18.3 Å². The zero-order valence-electron chi connectivity index (χ0n) is 18.0. The number of rotatable bonds is 5. The number of amidine groups is 1. The molecule has 4 rings (SSSR count). The molecule has 2 aliphatic heterocycles. The number of aliphatic imine (C=N–C) groups is 2. The predicted octanol–water partition coefficient (Wildman–Crippen LogP) is 1.78. The number of hydrogen-bond acceptors (Lipinski definition) is 7. The maximum atomic E-state index is 14.8. The highest BCUT2D eigenvalue weighted by atomic mass is 32.2. The van der Waals surface area contributed by atoms with E-state index >= 15 is 0 Å². The summed E-state index contributed by atoms with van der Waals surface area (Å²) in [6.07, 6.45) is 8.70. The Hall–Kier alpha value is -1.56. The second kappa shape index (κ2) is 9.74. The second-order valence-corrected chi connectivity index (χ2v) is 12.1. The minimum absolute atomic E-state index is 0.215. The van der Waals surface area contributed by atoms with E-state index in [2.05, 4.69) is 15.3 Å². The molecule has 2 atom stereocenters. The number of halogens is 1. The van der Waals surface area contributed by atoms with Crippen LogP contribution in [0.4, 0.5) is 4.39 Å². The van der Waals surface area contributed by atoms with Crippen LogP contribution in [0.5, 0.6) is 0 Å². The van der Waals surface area contributed by atoms with Crippen LogP contribution < -0.4 is 5.32 Å². The molecule has 2 aliphatic carbocycles. The molecule has 0 radical (unpaired) electrons. The monoisotopic (exact) mass is 484 g/mol. The fourth-order valence-corrected chi connectivity index (χ4v) is 6.53. The van der Waals surface area contributed by atoms with Gasteiger partial charge in [-0.1, -0.05) is 0 Å². The van der Waals surface area contributed by atoms with Gasteiger partial charge in [0.2, 0.25) is 15.9 Å². The Morgan fingerprint density at radius 1 is 1.28 bits per heavy atom. The second-order valence-electron chi connectivity index (χ2n) is 8.79. The largest absolute Gasteiger partial charge is 0.393 e. The number of carbonyl (C=O) groups excluding carboxylic acids is 1. The van der Waals surface area contributed by atoms with Gasteiger partial charge in [-0.3, -0.25) is 9.79 Å². The van der Waals surface area contributed by atoms with Crippen LogP contribution in [0.1, 0.15) is 38.5 Å². The molecule has 0 bridgehead atoms. The fraction of sp³-hybridized carbons (Fsp3) is 0.667. The average Bonchev–Trinajstić information content (AvgIpc) is 2.72. The molecule has 4 aliphatic rings. The van der Waals surface area contributed by atoms with Crippen molar-refractivity contribution < 1.29 is 22.7 Å². The number of nitrogens with zero attached hydrogens (tertiary/aromatic N) is 3. The SMILES string of the molecule is CS(=O)(=O)N1CCC[C@@H](N=C2C=C(F)C3C(=O)NC(CSC4CCC(O)CC4)=NC3=C2)C1. The van der Waals surface area contributed by atoms with Gasteiger partial charge in [0.05, 0.1) is 35.6 Å². The average molecular weight is 485 g/mol. The number of carbonyl (C=O) groups is 1. The number of aliphatic hydroxyl groups excluding tert-OH is 1. The summed E-state index contributed by atoms with van der Waals surface area (Å²) in [4.78, 5) is 21.6. The summed E-state index contributed by atoms with van der Waals surface area (Å²) in [7, 11) is -3.29. The van der Waals surface area contributed by atoms with Gasteiger partial charge in [0.25, 0.3) is 0 Å². The van der Waals surface area contributed by atoms with Gasteiger partial charge < -0.3 is 10.4 Å². The van der Waals surface area contributed by atoms with Crippen molar-refractivity contribution in [2.45, 2.75) is 55.9 Å². The molecule has 1 amide bonds. The number of thioether (sulfide) groups is 1. The lowest BCUT2D eigenvalue weighted by Gasteiger charge is -2.30. The van der Waals surface area contributed by atoms with E-state index in [1.54, 1.807) is 17.8 Å². The molecule has 1 saturated carbocycles. The highest BCUT2D eigenvalue weighted by molar-refractivity contribution is 8.00. The lowest BCUT2D eigenvalue weighted by Crippen LogP contribution is -2.43. The van der Waals surface area contributed by atoms with Gasteiger partial charge in [-0.05, 0) is 50.7 Å². The first-order chi connectivity index (χ1) is 15.2. The van der Waals surface area contributed by atoms with Gasteiger partial charge in [0.15, 0.2) is 0 Å². The molecule has 1 saturated heterocycles. The first kappa shape index (κ1) is 23.6. The van der Waals surface area contributed by atoms with Crippen LogP contribution in [-0.2, 0) is 14.8 Å². The zero-order chi connectivity index (χ0) is 22.9. The molecule has 0 spiro atoms. The van der Waals surface area contributed by atoms with Crippen molar-refractivity contribution in [1.82, 2.24) is 9.62 Å². The quantitative estimate of drug-likeness (QED) is 0.618. The van der Waals surface area contributed by atoms with Crippen molar-refractivity contribution >= 4 is 39.2 Å². The van der Waals surface area contributed by atoms with Crippen LogP contribution in [-0.4, -0.2) is 77.8 Å². The predicted molar refractivity (Wildman–Crippen MR) is 124 cm³/mol. The van der Waals surface area contributed by atoms with Gasteiger partial charge in [-0.25, -0.2) is 22.1 Å². The Balaban J connectivity index is 1.47. The number of aliphatic hydroxyl groups is 1. The third-order valence-electron chi connectivity index (χ3n) is 6.21. The third kappa shape index (κ3) is 5.67. The highest BCUT2D eigenvalue weighted by Gasteiger charge is 2.36. The van der Waals surface area contributed by atoms with Crippen molar-refractivity contribution in [2.75, 3.05) is 25.1 Å². The van der Waals surface area contributed by atoms with Crippen molar-refractivity contribution in [1.29, 1.82) is 0 Å². The molecule has 2 N–H and O–H groups in total. The summed E-state index contributed by atoms with van der Waals surface area (Å²) in [5, 5.41) is 12.8. The van der Waals surface area contributed by atoms with Crippen molar-refractivity contribution in [3.05, 3.63) is 23.7 Å². The smallest absolute Gasteiger partial charge is 0.241 e.